The molecule has 1 unspecified atom stereocenters. The van der Waals surface area contributed by atoms with Crippen LogP contribution in [0.15, 0.2) is 0 Å². The first kappa shape index (κ1) is 12.5. The van der Waals surface area contributed by atoms with Crippen molar-refractivity contribution in [3.63, 3.8) is 0 Å². The Morgan fingerprint density at radius 1 is 1.41 bits per heavy atom. The predicted molar refractivity (Wildman–Crippen MR) is 63.5 cm³/mol. The molecule has 0 bridgehead atoms. The second-order valence-electron chi connectivity index (χ2n) is 5.03. The van der Waals surface area contributed by atoms with Crippen LogP contribution in [0.3, 0.4) is 0 Å². The molecule has 1 atom stereocenters. The SMILES string of the molecule is CC(C)Cn1c(CO)nnc1CC1CCCO1. The van der Waals surface area contributed by atoms with Gasteiger partial charge in [-0.15, -0.1) is 10.2 Å². The third-order valence-corrected chi connectivity index (χ3v) is 3.03. The third kappa shape index (κ3) is 3.04. The number of aliphatic hydroxyl groups is 1. The highest BCUT2D eigenvalue weighted by Gasteiger charge is 2.20. The first-order valence-corrected chi connectivity index (χ1v) is 6.34. The lowest BCUT2D eigenvalue weighted by Gasteiger charge is -2.14. The standard InChI is InChI=1S/C12H21N3O2/c1-9(2)7-15-11(13-14-12(15)8-16)6-10-4-3-5-17-10/h9-10,16H,3-8H2,1-2H3. The summed E-state index contributed by atoms with van der Waals surface area (Å²) >= 11 is 0. The van der Waals surface area contributed by atoms with Crippen molar-refractivity contribution in [2.24, 2.45) is 5.92 Å². The molecular weight excluding hydrogens is 218 g/mol. The molecule has 1 saturated heterocycles. The highest BCUT2D eigenvalue weighted by atomic mass is 16.5. The van der Waals surface area contributed by atoms with E-state index in [4.69, 9.17) is 4.74 Å². The fourth-order valence-electron chi connectivity index (χ4n) is 2.23. The van der Waals surface area contributed by atoms with Gasteiger partial charge in [0.05, 0.1) is 6.10 Å². The van der Waals surface area contributed by atoms with Gasteiger partial charge in [-0.05, 0) is 18.8 Å². The molecule has 1 N–H and O–H groups in total. The lowest BCUT2D eigenvalue weighted by Crippen LogP contribution is -2.17. The molecule has 17 heavy (non-hydrogen) atoms. The fraction of sp³-hybridized carbons (Fsp3) is 0.833. The van der Waals surface area contributed by atoms with Crippen LogP contribution in [0.5, 0.6) is 0 Å². The van der Waals surface area contributed by atoms with Crippen LogP contribution in [-0.4, -0.2) is 32.6 Å². The summed E-state index contributed by atoms with van der Waals surface area (Å²) in [6, 6.07) is 0. The Balaban J connectivity index is 2.11. The molecule has 2 rings (SSSR count). The Bertz CT molecular complexity index is 357. The summed E-state index contributed by atoms with van der Waals surface area (Å²) in [7, 11) is 0. The van der Waals surface area contributed by atoms with E-state index >= 15 is 0 Å². The molecule has 0 spiro atoms. The Morgan fingerprint density at radius 2 is 2.18 bits per heavy atom. The molecular formula is C12H21N3O2. The van der Waals surface area contributed by atoms with Crippen molar-refractivity contribution in [2.45, 2.75) is 52.4 Å². The molecule has 0 radical (unpaired) electrons. The number of hydrogen-bond donors (Lipinski definition) is 1. The largest absolute Gasteiger partial charge is 0.388 e. The summed E-state index contributed by atoms with van der Waals surface area (Å²) in [5.41, 5.74) is 0. The van der Waals surface area contributed by atoms with Gasteiger partial charge in [-0.2, -0.15) is 0 Å². The van der Waals surface area contributed by atoms with Crippen LogP contribution in [0.4, 0.5) is 0 Å². The van der Waals surface area contributed by atoms with Gasteiger partial charge in [0.1, 0.15) is 12.4 Å². The van der Waals surface area contributed by atoms with Crippen molar-refractivity contribution in [2.75, 3.05) is 6.61 Å². The molecule has 5 heteroatoms. The molecule has 1 aromatic rings. The number of rotatable bonds is 5. The summed E-state index contributed by atoms with van der Waals surface area (Å²) in [6.07, 6.45) is 3.31. The van der Waals surface area contributed by atoms with Crippen LogP contribution in [0.2, 0.25) is 0 Å². The first-order valence-electron chi connectivity index (χ1n) is 6.34. The maximum Gasteiger partial charge on any atom is 0.158 e. The zero-order chi connectivity index (χ0) is 12.3. The molecule has 96 valence electrons. The maximum absolute atomic E-state index is 9.25. The summed E-state index contributed by atoms with van der Waals surface area (Å²) in [5.74, 6) is 2.11. The quantitative estimate of drug-likeness (QED) is 0.837. The molecule has 0 aliphatic carbocycles. The third-order valence-electron chi connectivity index (χ3n) is 3.03. The van der Waals surface area contributed by atoms with Gasteiger partial charge in [0.25, 0.3) is 0 Å². The predicted octanol–water partition coefficient (Wildman–Crippen LogP) is 1.15. The van der Waals surface area contributed by atoms with E-state index in [0.717, 1.165) is 38.2 Å². The topological polar surface area (TPSA) is 60.2 Å². The minimum absolute atomic E-state index is 0.0504. The summed E-state index contributed by atoms with van der Waals surface area (Å²) in [4.78, 5) is 0. The molecule has 5 nitrogen and oxygen atoms in total. The van der Waals surface area contributed by atoms with Crippen LogP contribution in [-0.2, 0) is 24.3 Å². The highest BCUT2D eigenvalue weighted by molar-refractivity contribution is 4.97. The molecule has 0 amide bonds. The fourth-order valence-corrected chi connectivity index (χ4v) is 2.23. The number of nitrogens with zero attached hydrogens (tertiary/aromatic N) is 3. The normalized spacial score (nSPS) is 20.4. The minimum atomic E-state index is -0.0504. The van der Waals surface area contributed by atoms with Crippen molar-refractivity contribution < 1.29 is 9.84 Å². The van der Waals surface area contributed by atoms with Crippen molar-refractivity contribution in [1.29, 1.82) is 0 Å². The van der Waals surface area contributed by atoms with Gasteiger partial charge < -0.3 is 14.4 Å². The van der Waals surface area contributed by atoms with Gasteiger partial charge in [-0.3, -0.25) is 0 Å². The minimum Gasteiger partial charge on any atom is -0.388 e. The molecule has 1 aromatic heterocycles. The second-order valence-corrected chi connectivity index (χ2v) is 5.03. The van der Waals surface area contributed by atoms with E-state index in [9.17, 15) is 5.11 Å². The first-order chi connectivity index (χ1) is 8.20. The Hall–Kier alpha value is -0.940. The van der Waals surface area contributed by atoms with E-state index in [2.05, 4.69) is 24.0 Å². The summed E-state index contributed by atoms with van der Waals surface area (Å²) in [5, 5.41) is 17.5. The average molecular weight is 239 g/mol. The van der Waals surface area contributed by atoms with Crippen LogP contribution >= 0.6 is 0 Å². The Labute approximate surface area is 102 Å². The lowest BCUT2D eigenvalue weighted by atomic mass is 10.1. The summed E-state index contributed by atoms with van der Waals surface area (Å²) < 4.78 is 7.65. The van der Waals surface area contributed by atoms with Gasteiger partial charge in [0.2, 0.25) is 0 Å². The van der Waals surface area contributed by atoms with Gasteiger partial charge in [0, 0.05) is 19.6 Å². The van der Waals surface area contributed by atoms with Crippen LogP contribution in [0.25, 0.3) is 0 Å². The number of aromatic nitrogens is 3. The number of ether oxygens (including phenoxy) is 1. The van der Waals surface area contributed by atoms with Crippen LogP contribution in [0.1, 0.15) is 38.3 Å². The van der Waals surface area contributed by atoms with Gasteiger partial charge in [0.15, 0.2) is 5.82 Å². The van der Waals surface area contributed by atoms with Crippen molar-refractivity contribution in [3.8, 4) is 0 Å². The van der Waals surface area contributed by atoms with E-state index in [1.54, 1.807) is 0 Å². The zero-order valence-electron chi connectivity index (χ0n) is 10.6. The maximum atomic E-state index is 9.25. The highest BCUT2D eigenvalue weighted by Crippen LogP contribution is 2.17. The van der Waals surface area contributed by atoms with Crippen LogP contribution in [0, 0.1) is 5.92 Å². The Kier molecular flexibility index (Phi) is 4.12. The van der Waals surface area contributed by atoms with E-state index in [1.165, 1.54) is 0 Å². The monoisotopic (exact) mass is 239 g/mol. The van der Waals surface area contributed by atoms with Gasteiger partial charge in [-0.1, -0.05) is 13.8 Å². The van der Waals surface area contributed by atoms with Crippen LogP contribution < -0.4 is 0 Å². The van der Waals surface area contributed by atoms with Crippen molar-refractivity contribution >= 4 is 0 Å². The summed E-state index contributed by atoms with van der Waals surface area (Å²) in [6.45, 7) is 5.96. The molecule has 1 fully saturated rings. The molecule has 1 aliphatic heterocycles. The van der Waals surface area contributed by atoms with E-state index in [1.807, 2.05) is 4.57 Å². The molecule has 1 aliphatic rings. The van der Waals surface area contributed by atoms with Gasteiger partial charge in [-0.25, -0.2) is 0 Å². The molecule has 0 saturated carbocycles. The molecule has 0 aromatic carbocycles. The second kappa shape index (κ2) is 5.60. The average Bonchev–Trinajstić information content (AvgIpc) is 2.90. The molecule has 2 heterocycles. The smallest absolute Gasteiger partial charge is 0.158 e. The lowest BCUT2D eigenvalue weighted by molar-refractivity contribution is 0.108. The van der Waals surface area contributed by atoms with E-state index < -0.39 is 0 Å². The number of hydrogen-bond acceptors (Lipinski definition) is 4. The Morgan fingerprint density at radius 3 is 2.76 bits per heavy atom. The number of aliphatic hydroxyl groups excluding tert-OH is 1. The van der Waals surface area contributed by atoms with E-state index in [-0.39, 0.29) is 12.7 Å². The van der Waals surface area contributed by atoms with Gasteiger partial charge >= 0.3 is 0 Å². The zero-order valence-corrected chi connectivity index (χ0v) is 10.6. The van der Waals surface area contributed by atoms with E-state index in [0.29, 0.717) is 11.7 Å². The van der Waals surface area contributed by atoms with Crippen molar-refractivity contribution in [3.05, 3.63) is 11.6 Å². The van der Waals surface area contributed by atoms with Crippen molar-refractivity contribution in [1.82, 2.24) is 14.8 Å².